The predicted molar refractivity (Wildman–Crippen MR) is 128 cm³/mol. The summed E-state index contributed by atoms with van der Waals surface area (Å²) in [5.74, 6) is 0.615. The molecule has 0 atom stereocenters. The molecule has 0 radical (unpaired) electrons. The molecule has 0 unspecified atom stereocenters. The Morgan fingerprint density at radius 1 is 1.13 bits per heavy atom. The maximum absolute atomic E-state index is 12.2. The molecule has 2 aromatic rings. The lowest BCUT2D eigenvalue weighted by atomic mass is 9.96. The molecule has 2 heterocycles. The van der Waals surface area contributed by atoms with Gasteiger partial charge in [-0.2, -0.15) is 0 Å². The maximum Gasteiger partial charge on any atom is 0.251 e. The van der Waals surface area contributed by atoms with E-state index < -0.39 is 0 Å². The van der Waals surface area contributed by atoms with Crippen LogP contribution in [0, 0.1) is 12.8 Å². The van der Waals surface area contributed by atoms with Crippen LogP contribution in [0.3, 0.4) is 0 Å². The number of nitrogens with zero attached hydrogens (tertiary/aromatic N) is 1. The van der Waals surface area contributed by atoms with E-state index in [1.807, 2.05) is 30.8 Å². The lowest BCUT2D eigenvalue weighted by Crippen LogP contribution is -2.48. The smallest absolute Gasteiger partial charge is 0.251 e. The number of nitrogens with one attached hydrogen (secondary N) is 1. The fourth-order valence-corrected chi connectivity index (χ4v) is 5.41. The van der Waals surface area contributed by atoms with E-state index in [1.165, 1.54) is 54.8 Å². The number of hydrogen-bond donors (Lipinski definition) is 1. The summed E-state index contributed by atoms with van der Waals surface area (Å²) in [6.07, 6.45) is 7.52. The van der Waals surface area contributed by atoms with E-state index in [-0.39, 0.29) is 17.9 Å². The lowest BCUT2D eigenvalue weighted by molar-refractivity contribution is 0.201. The predicted octanol–water partition coefficient (Wildman–Crippen LogP) is 3.70. The van der Waals surface area contributed by atoms with Crippen molar-refractivity contribution < 1.29 is 12.4 Å². The van der Waals surface area contributed by atoms with Gasteiger partial charge in [-0.3, -0.25) is 4.79 Å². The second-order valence-electron chi connectivity index (χ2n) is 8.13. The van der Waals surface area contributed by atoms with Crippen LogP contribution in [0.5, 0.6) is 0 Å². The number of benzene rings is 1. The summed E-state index contributed by atoms with van der Waals surface area (Å²) in [6.45, 7) is 7.62. The summed E-state index contributed by atoms with van der Waals surface area (Å²) in [5, 5.41) is 0.716. The van der Waals surface area contributed by atoms with E-state index in [0.717, 1.165) is 17.8 Å². The van der Waals surface area contributed by atoms with Gasteiger partial charge in [0, 0.05) is 41.5 Å². The molecular weight excluding hydrogens is 396 g/mol. The quantitative estimate of drug-likeness (QED) is 0.753. The van der Waals surface area contributed by atoms with Crippen LogP contribution in [0.25, 0.3) is 5.57 Å². The van der Waals surface area contributed by atoms with Gasteiger partial charge in [0.2, 0.25) is 0 Å². The number of likely N-dealkylation sites (tertiary alicyclic amines) is 1. The highest BCUT2D eigenvalue weighted by atomic mass is 32.2. The molecule has 6 heteroatoms. The van der Waals surface area contributed by atoms with Crippen molar-refractivity contribution in [3.05, 3.63) is 69.6 Å². The zero-order chi connectivity index (χ0) is 19.5. The zero-order valence-electron chi connectivity index (χ0n) is 17.9. The van der Waals surface area contributed by atoms with Gasteiger partial charge >= 0.3 is 0 Å². The summed E-state index contributed by atoms with van der Waals surface area (Å²) in [4.78, 5) is 19.1. The van der Waals surface area contributed by atoms with Crippen molar-refractivity contribution in [2.24, 2.45) is 5.92 Å². The topological polar surface area (TPSA) is 99.1 Å². The molecule has 1 aliphatic heterocycles. The fraction of sp³-hybridized carbons (Fsp3) is 0.458. The van der Waals surface area contributed by atoms with Crippen LogP contribution in [0.15, 0.2) is 52.2 Å². The highest BCUT2D eigenvalue weighted by Gasteiger charge is 2.25. The molecule has 4 rings (SSSR count). The molecule has 1 aromatic heterocycles. The molecule has 30 heavy (non-hydrogen) atoms. The van der Waals surface area contributed by atoms with Gasteiger partial charge < -0.3 is 20.8 Å². The summed E-state index contributed by atoms with van der Waals surface area (Å²) in [7, 11) is 0. The van der Waals surface area contributed by atoms with Gasteiger partial charge in [0.15, 0.2) is 0 Å². The Hall–Kier alpha value is -1.86. The molecule has 2 fully saturated rings. The molecule has 1 aromatic carbocycles. The van der Waals surface area contributed by atoms with Gasteiger partial charge in [-0.1, -0.05) is 44.0 Å². The summed E-state index contributed by atoms with van der Waals surface area (Å²) in [5.41, 5.74) is 4.06. The number of aryl methyl sites for hydroxylation is 1. The summed E-state index contributed by atoms with van der Waals surface area (Å²) >= 11 is 1.98. The lowest BCUT2D eigenvalue weighted by Gasteiger charge is -2.37. The van der Waals surface area contributed by atoms with E-state index in [9.17, 15) is 4.79 Å². The third kappa shape index (κ3) is 5.64. The first kappa shape index (κ1) is 24.4. The molecule has 1 aliphatic carbocycles. The fourth-order valence-electron chi connectivity index (χ4n) is 4.17. The number of pyridine rings is 1. The number of H-pyrrole nitrogens is 1. The second kappa shape index (κ2) is 11.0. The second-order valence-corrected chi connectivity index (χ2v) is 9.50. The van der Waals surface area contributed by atoms with E-state index in [4.69, 9.17) is 0 Å². The Labute approximate surface area is 184 Å². The van der Waals surface area contributed by atoms with Crippen molar-refractivity contribution in [2.45, 2.75) is 49.7 Å². The largest absolute Gasteiger partial charge is 0.412 e. The van der Waals surface area contributed by atoms with Crippen LogP contribution in [-0.2, 0) is 0 Å². The van der Waals surface area contributed by atoms with E-state index in [0.29, 0.717) is 11.2 Å². The molecule has 0 bridgehead atoms. The molecule has 1 saturated carbocycles. The minimum atomic E-state index is 0. The normalized spacial score (nSPS) is 17.9. The Balaban J connectivity index is 0.00000160. The van der Waals surface area contributed by atoms with Crippen LogP contribution in [0.4, 0.5) is 0 Å². The first-order valence-corrected chi connectivity index (χ1v) is 11.4. The minimum Gasteiger partial charge on any atom is -0.412 e. The molecular formula is C24H36N2O3S. The number of allylic oxidation sites excluding steroid dienone is 1. The van der Waals surface area contributed by atoms with Crippen LogP contribution < -0.4 is 5.56 Å². The molecule has 0 amide bonds. The average Bonchev–Trinajstić information content (AvgIpc) is 3.19. The molecule has 5 N–H and O–H groups in total. The molecule has 0 spiro atoms. The first-order valence-electron chi connectivity index (χ1n) is 10.5. The Morgan fingerprint density at radius 2 is 1.80 bits per heavy atom. The monoisotopic (exact) mass is 432 g/mol. The van der Waals surface area contributed by atoms with Crippen LogP contribution >= 0.6 is 11.8 Å². The number of thioether (sulfide) groups is 1. The van der Waals surface area contributed by atoms with Crippen LogP contribution in [-0.4, -0.2) is 45.7 Å². The van der Waals surface area contributed by atoms with Crippen LogP contribution in [0.2, 0.25) is 0 Å². The van der Waals surface area contributed by atoms with Gasteiger partial charge in [-0.25, -0.2) is 0 Å². The third-order valence-electron chi connectivity index (χ3n) is 6.04. The summed E-state index contributed by atoms with van der Waals surface area (Å²) < 4.78 is 0. The maximum atomic E-state index is 12.2. The van der Waals surface area contributed by atoms with Gasteiger partial charge in [0.25, 0.3) is 5.56 Å². The Kier molecular flexibility index (Phi) is 8.92. The SMILES string of the molecule is CCN1CC(Sc2ccc(/C(=C\C3CCCC3)c3ccc(C)c(=O)[nH]3)cc2)C1.O.O.[HH]. The van der Waals surface area contributed by atoms with Crippen molar-refractivity contribution in [1.29, 1.82) is 0 Å². The number of aromatic nitrogens is 1. The average molecular weight is 433 g/mol. The standard InChI is InChI=1S/C24H30N2OS.2H2O.H2/c1-3-26-15-21(16-26)28-20-11-9-19(10-12-20)22(14-18-6-4-5-7-18)23-13-8-17(2)24(27)25-23;;;/h8-14,18,21H,3-7,15-16H2,1-2H3,(H,25,27);2*1H2;1H/b22-14+;;;. The van der Waals surface area contributed by atoms with Gasteiger partial charge in [0.1, 0.15) is 0 Å². The number of aromatic amines is 1. The van der Waals surface area contributed by atoms with Crippen LogP contribution in [0.1, 0.15) is 50.9 Å². The molecule has 2 aliphatic rings. The highest BCUT2D eigenvalue weighted by molar-refractivity contribution is 8.00. The highest BCUT2D eigenvalue weighted by Crippen LogP contribution is 2.34. The number of hydrogen-bond acceptors (Lipinski definition) is 3. The molecule has 166 valence electrons. The van der Waals surface area contributed by atoms with Crippen molar-refractivity contribution in [2.75, 3.05) is 19.6 Å². The number of rotatable bonds is 6. The van der Waals surface area contributed by atoms with Crippen molar-refractivity contribution in [3.63, 3.8) is 0 Å². The van der Waals surface area contributed by atoms with Crippen molar-refractivity contribution in [1.82, 2.24) is 9.88 Å². The van der Waals surface area contributed by atoms with Gasteiger partial charge in [0.05, 0.1) is 0 Å². The summed E-state index contributed by atoms with van der Waals surface area (Å²) in [6, 6.07) is 12.9. The molecule has 5 nitrogen and oxygen atoms in total. The van der Waals surface area contributed by atoms with Gasteiger partial charge in [-0.05, 0) is 56.0 Å². The van der Waals surface area contributed by atoms with E-state index in [2.05, 4.69) is 47.1 Å². The zero-order valence-corrected chi connectivity index (χ0v) is 18.7. The Morgan fingerprint density at radius 3 is 2.40 bits per heavy atom. The van der Waals surface area contributed by atoms with E-state index >= 15 is 0 Å². The Bertz CT molecular complexity index is 902. The molecule has 1 saturated heterocycles. The first-order chi connectivity index (χ1) is 13.6. The third-order valence-corrected chi connectivity index (χ3v) is 7.21. The minimum absolute atomic E-state index is 0. The van der Waals surface area contributed by atoms with Crippen molar-refractivity contribution in [3.8, 4) is 0 Å². The van der Waals surface area contributed by atoms with E-state index in [1.54, 1.807) is 0 Å². The van der Waals surface area contributed by atoms with Crippen molar-refractivity contribution >= 4 is 17.3 Å². The van der Waals surface area contributed by atoms with Gasteiger partial charge in [-0.15, -0.1) is 11.8 Å².